The second-order valence-corrected chi connectivity index (χ2v) is 2.85. The summed E-state index contributed by atoms with van der Waals surface area (Å²) in [5, 5.41) is 0. The fraction of sp³-hybridized carbons (Fsp3) is 0.333. The summed E-state index contributed by atoms with van der Waals surface area (Å²) < 4.78 is 10.5. The summed E-state index contributed by atoms with van der Waals surface area (Å²) in [4.78, 5) is 0. The molecule has 0 amide bonds. The van der Waals surface area contributed by atoms with Gasteiger partial charge in [-0.1, -0.05) is 38.5 Å². The summed E-state index contributed by atoms with van der Waals surface area (Å²) in [7, 11) is 0. The molecule has 78 valence electrons. The van der Waals surface area contributed by atoms with Gasteiger partial charge in [0.15, 0.2) is 0 Å². The molecule has 0 unspecified atom stereocenters. The fourth-order valence-corrected chi connectivity index (χ4v) is 0.761. The zero-order chi connectivity index (χ0) is 11.0. The molecule has 0 rings (SSSR count). The second kappa shape index (κ2) is 7.01. The lowest BCUT2D eigenvalue weighted by Gasteiger charge is -2.17. The molecule has 0 spiro atoms. The Labute approximate surface area is 86.2 Å². The van der Waals surface area contributed by atoms with E-state index in [1.54, 1.807) is 12.2 Å². The van der Waals surface area contributed by atoms with E-state index in [-0.39, 0.29) is 5.92 Å². The van der Waals surface area contributed by atoms with Crippen LogP contribution in [0.15, 0.2) is 50.0 Å². The molecule has 0 aliphatic carbocycles. The molecule has 0 aromatic heterocycles. The van der Waals surface area contributed by atoms with Crippen LogP contribution < -0.4 is 0 Å². The summed E-state index contributed by atoms with van der Waals surface area (Å²) in [6.07, 6.45) is 3.34. The SMILES string of the molecule is C=CCOC(=C)C(C)C(=C)OCC=C. The van der Waals surface area contributed by atoms with E-state index in [2.05, 4.69) is 26.3 Å². The van der Waals surface area contributed by atoms with Crippen molar-refractivity contribution in [1.82, 2.24) is 0 Å². The van der Waals surface area contributed by atoms with Crippen LogP contribution in [0.3, 0.4) is 0 Å². The Balaban J connectivity index is 3.96. The minimum Gasteiger partial charge on any atom is -0.494 e. The van der Waals surface area contributed by atoms with Gasteiger partial charge in [-0.2, -0.15) is 0 Å². The number of ether oxygens (including phenoxy) is 2. The van der Waals surface area contributed by atoms with Crippen LogP contribution in [0.25, 0.3) is 0 Å². The van der Waals surface area contributed by atoms with Gasteiger partial charge in [-0.15, -0.1) is 0 Å². The van der Waals surface area contributed by atoms with Crippen LogP contribution in [-0.4, -0.2) is 13.2 Å². The molecular weight excluding hydrogens is 176 g/mol. The van der Waals surface area contributed by atoms with E-state index < -0.39 is 0 Å². The third-order valence-corrected chi connectivity index (χ3v) is 1.74. The summed E-state index contributed by atoms with van der Waals surface area (Å²) >= 11 is 0. The molecule has 2 heteroatoms. The first-order valence-corrected chi connectivity index (χ1v) is 4.48. The smallest absolute Gasteiger partial charge is 0.106 e. The quantitative estimate of drug-likeness (QED) is 0.437. The maximum Gasteiger partial charge on any atom is 0.106 e. The lowest BCUT2D eigenvalue weighted by atomic mass is 10.1. The molecule has 2 nitrogen and oxygen atoms in total. The zero-order valence-electron chi connectivity index (χ0n) is 8.79. The van der Waals surface area contributed by atoms with Crippen molar-refractivity contribution in [2.45, 2.75) is 6.92 Å². The van der Waals surface area contributed by atoms with Crippen molar-refractivity contribution >= 4 is 0 Å². The largest absolute Gasteiger partial charge is 0.494 e. The molecule has 14 heavy (non-hydrogen) atoms. The Morgan fingerprint density at radius 3 is 1.71 bits per heavy atom. The third-order valence-electron chi connectivity index (χ3n) is 1.74. The fourth-order valence-electron chi connectivity index (χ4n) is 0.761. The first-order chi connectivity index (χ1) is 6.63. The molecule has 0 atom stereocenters. The molecule has 0 aliphatic rings. The Morgan fingerprint density at radius 1 is 1.07 bits per heavy atom. The van der Waals surface area contributed by atoms with Crippen molar-refractivity contribution in [3.63, 3.8) is 0 Å². The van der Waals surface area contributed by atoms with Gasteiger partial charge in [-0.05, 0) is 6.92 Å². The predicted octanol–water partition coefficient (Wildman–Crippen LogP) is 3.06. The molecule has 0 saturated heterocycles. The third kappa shape index (κ3) is 4.55. The summed E-state index contributed by atoms with van der Waals surface area (Å²) in [5.41, 5.74) is 0. The predicted molar refractivity (Wildman–Crippen MR) is 59.7 cm³/mol. The van der Waals surface area contributed by atoms with Gasteiger partial charge in [0.05, 0.1) is 17.4 Å². The number of rotatable bonds is 8. The van der Waals surface area contributed by atoms with Gasteiger partial charge >= 0.3 is 0 Å². The van der Waals surface area contributed by atoms with Crippen LogP contribution in [0.1, 0.15) is 6.92 Å². The van der Waals surface area contributed by atoms with Crippen LogP contribution in [-0.2, 0) is 9.47 Å². The summed E-state index contributed by atoms with van der Waals surface area (Å²) in [6.45, 7) is 17.5. The van der Waals surface area contributed by atoms with E-state index in [1.165, 1.54) is 0 Å². The minimum absolute atomic E-state index is 0.0186. The first kappa shape index (κ1) is 12.6. The number of hydrogen-bond donors (Lipinski definition) is 0. The molecule has 0 heterocycles. The van der Waals surface area contributed by atoms with E-state index in [0.29, 0.717) is 24.7 Å². The average Bonchev–Trinajstić information content (AvgIpc) is 2.21. The van der Waals surface area contributed by atoms with Gasteiger partial charge in [0.2, 0.25) is 0 Å². The monoisotopic (exact) mass is 194 g/mol. The highest BCUT2D eigenvalue weighted by Gasteiger charge is 2.12. The Morgan fingerprint density at radius 2 is 1.43 bits per heavy atom. The summed E-state index contributed by atoms with van der Waals surface area (Å²) in [5.74, 6) is 1.26. The second-order valence-electron chi connectivity index (χ2n) is 2.85. The van der Waals surface area contributed by atoms with Gasteiger partial charge in [0, 0.05) is 0 Å². The maximum atomic E-state index is 5.27. The van der Waals surface area contributed by atoms with Crippen molar-refractivity contribution in [1.29, 1.82) is 0 Å². The van der Waals surface area contributed by atoms with Crippen LogP contribution in [0.2, 0.25) is 0 Å². The average molecular weight is 194 g/mol. The lowest BCUT2D eigenvalue weighted by molar-refractivity contribution is 0.170. The van der Waals surface area contributed by atoms with E-state index in [0.717, 1.165) is 0 Å². The van der Waals surface area contributed by atoms with E-state index >= 15 is 0 Å². The molecule has 0 aliphatic heterocycles. The highest BCUT2D eigenvalue weighted by Crippen LogP contribution is 2.18. The van der Waals surface area contributed by atoms with E-state index in [9.17, 15) is 0 Å². The maximum absolute atomic E-state index is 5.27. The minimum atomic E-state index is -0.0186. The van der Waals surface area contributed by atoms with Crippen LogP contribution in [0.5, 0.6) is 0 Å². The molecule has 0 N–H and O–H groups in total. The van der Waals surface area contributed by atoms with Gasteiger partial charge in [0.25, 0.3) is 0 Å². The van der Waals surface area contributed by atoms with Crippen LogP contribution in [0, 0.1) is 5.92 Å². The molecule has 0 radical (unpaired) electrons. The molecule has 0 fully saturated rings. The molecule has 0 aromatic rings. The van der Waals surface area contributed by atoms with Gasteiger partial charge in [0.1, 0.15) is 13.2 Å². The highest BCUT2D eigenvalue weighted by atomic mass is 16.5. The highest BCUT2D eigenvalue weighted by molar-refractivity contribution is 5.05. The van der Waals surface area contributed by atoms with Crippen LogP contribution in [0.4, 0.5) is 0 Å². The Hall–Kier alpha value is -1.44. The number of hydrogen-bond acceptors (Lipinski definition) is 2. The van der Waals surface area contributed by atoms with Crippen molar-refractivity contribution in [2.75, 3.05) is 13.2 Å². The Kier molecular flexibility index (Phi) is 6.29. The van der Waals surface area contributed by atoms with Crippen molar-refractivity contribution in [3.05, 3.63) is 50.0 Å². The van der Waals surface area contributed by atoms with Crippen molar-refractivity contribution in [2.24, 2.45) is 5.92 Å². The van der Waals surface area contributed by atoms with E-state index in [1.807, 2.05) is 6.92 Å². The van der Waals surface area contributed by atoms with Gasteiger partial charge in [-0.25, -0.2) is 0 Å². The van der Waals surface area contributed by atoms with Crippen molar-refractivity contribution < 1.29 is 9.47 Å². The Bertz CT molecular complexity index is 204. The van der Waals surface area contributed by atoms with Crippen molar-refractivity contribution in [3.8, 4) is 0 Å². The van der Waals surface area contributed by atoms with Gasteiger partial charge in [-0.3, -0.25) is 0 Å². The topological polar surface area (TPSA) is 18.5 Å². The van der Waals surface area contributed by atoms with Crippen LogP contribution >= 0.6 is 0 Å². The molecule has 0 bridgehead atoms. The molecule has 0 aromatic carbocycles. The normalized spacial score (nSPS) is 9.29. The summed E-state index contributed by atoms with van der Waals surface area (Å²) in [6, 6.07) is 0. The molecule has 0 saturated carbocycles. The lowest BCUT2D eigenvalue weighted by Crippen LogP contribution is -2.08. The first-order valence-electron chi connectivity index (χ1n) is 4.48. The van der Waals surface area contributed by atoms with Gasteiger partial charge < -0.3 is 9.47 Å². The van der Waals surface area contributed by atoms with E-state index in [4.69, 9.17) is 9.47 Å². The molecular formula is C12H18O2. The standard InChI is InChI=1S/C12H18O2/c1-6-8-13-11(4)10(3)12(5)14-9-7-2/h6-7,10H,1-2,4-5,8-9H2,3H3. The zero-order valence-corrected chi connectivity index (χ0v) is 8.79.